The Labute approximate surface area is 149 Å². The van der Waals surface area contributed by atoms with Crippen molar-refractivity contribution in [1.29, 1.82) is 0 Å². The minimum atomic E-state index is -0.000392. The SMILES string of the molecule is CCCCCCN1CC2C(C1=O)C2(C)c1cccc(-c2ncc[nH]2)c1. The fraction of sp³-hybridized carbons (Fsp3) is 0.524. The first-order valence-electron chi connectivity index (χ1n) is 9.55. The number of likely N-dealkylation sites (tertiary alicyclic amines) is 1. The molecule has 1 amide bonds. The molecule has 2 heterocycles. The molecule has 25 heavy (non-hydrogen) atoms. The van der Waals surface area contributed by atoms with Crippen LogP contribution >= 0.6 is 0 Å². The first-order valence-corrected chi connectivity index (χ1v) is 9.55. The van der Waals surface area contributed by atoms with Gasteiger partial charge in [-0.2, -0.15) is 0 Å². The number of benzene rings is 1. The zero-order valence-corrected chi connectivity index (χ0v) is 15.2. The second-order valence-corrected chi connectivity index (χ2v) is 7.73. The summed E-state index contributed by atoms with van der Waals surface area (Å²) in [6.45, 7) is 6.35. The van der Waals surface area contributed by atoms with Crippen LogP contribution in [-0.2, 0) is 10.2 Å². The Kier molecular flexibility index (Phi) is 4.14. The number of aromatic nitrogens is 2. The predicted molar refractivity (Wildman–Crippen MR) is 99.1 cm³/mol. The van der Waals surface area contributed by atoms with E-state index in [1.54, 1.807) is 6.20 Å². The third-order valence-electron chi connectivity index (χ3n) is 6.24. The van der Waals surface area contributed by atoms with Gasteiger partial charge in [0.25, 0.3) is 0 Å². The third-order valence-corrected chi connectivity index (χ3v) is 6.24. The second kappa shape index (κ2) is 6.32. The van der Waals surface area contributed by atoms with Crippen LogP contribution in [0.15, 0.2) is 36.7 Å². The molecule has 1 aromatic heterocycles. The molecule has 4 nitrogen and oxygen atoms in total. The summed E-state index contributed by atoms with van der Waals surface area (Å²) in [4.78, 5) is 22.4. The fourth-order valence-electron chi connectivity index (χ4n) is 4.60. The number of H-pyrrole nitrogens is 1. The molecule has 0 bridgehead atoms. The number of fused-ring (bicyclic) bond motifs is 1. The fourth-order valence-corrected chi connectivity index (χ4v) is 4.60. The number of carbonyl (C=O) groups excluding carboxylic acids is 1. The number of imidazole rings is 1. The summed E-state index contributed by atoms with van der Waals surface area (Å²) in [6, 6.07) is 8.53. The molecule has 1 saturated carbocycles. The Hall–Kier alpha value is -2.10. The molecule has 1 saturated heterocycles. The minimum absolute atomic E-state index is 0.000392. The van der Waals surface area contributed by atoms with Crippen molar-refractivity contribution in [3.05, 3.63) is 42.2 Å². The molecule has 2 aromatic rings. The number of amides is 1. The summed E-state index contributed by atoms with van der Waals surface area (Å²) in [7, 11) is 0. The van der Waals surface area contributed by atoms with E-state index in [9.17, 15) is 4.79 Å². The van der Waals surface area contributed by atoms with Gasteiger partial charge in [-0.3, -0.25) is 4.79 Å². The van der Waals surface area contributed by atoms with Gasteiger partial charge in [0.05, 0.1) is 5.92 Å². The highest BCUT2D eigenvalue weighted by Gasteiger charge is 2.70. The van der Waals surface area contributed by atoms with Gasteiger partial charge in [0.2, 0.25) is 5.91 Å². The molecule has 132 valence electrons. The van der Waals surface area contributed by atoms with E-state index in [0.717, 1.165) is 30.9 Å². The number of unbranched alkanes of at least 4 members (excludes halogenated alkanes) is 3. The maximum Gasteiger partial charge on any atom is 0.226 e. The van der Waals surface area contributed by atoms with Crippen molar-refractivity contribution in [2.24, 2.45) is 11.8 Å². The van der Waals surface area contributed by atoms with E-state index in [-0.39, 0.29) is 11.3 Å². The van der Waals surface area contributed by atoms with Gasteiger partial charge < -0.3 is 9.88 Å². The molecule has 3 unspecified atom stereocenters. The molecule has 2 aliphatic rings. The number of aromatic amines is 1. The normalized spacial score (nSPS) is 27.6. The zero-order chi connectivity index (χ0) is 17.4. The van der Waals surface area contributed by atoms with Gasteiger partial charge in [-0.1, -0.05) is 51.3 Å². The number of rotatable bonds is 7. The Bertz CT molecular complexity index is 754. The predicted octanol–water partition coefficient (Wildman–Crippen LogP) is 4.00. The van der Waals surface area contributed by atoms with Crippen molar-refractivity contribution in [1.82, 2.24) is 14.9 Å². The highest BCUT2D eigenvalue weighted by molar-refractivity contribution is 5.88. The molecule has 1 aliphatic carbocycles. The average Bonchev–Trinajstić information content (AvgIpc) is 3.02. The molecular formula is C21H27N3O. The Morgan fingerprint density at radius 2 is 2.20 bits per heavy atom. The highest BCUT2D eigenvalue weighted by Crippen LogP contribution is 2.64. The van der Waals surface area contributed by atoms with Crippen LogP contribution in [0.5, 0.6) is 0 Å². The van der Waals surface area contributed by atoms with E-state index in [0.29, 0.717) is 11.8 Å². The van der Waals surface area contributed by atoms with Crippen molar-refractivity contribution in [2.45, 2.75) is 44.9 Å². The van der Waals surface area contributed by atoms with Gasteiger partial charge in [0.15, 0.2) is 0 Å². The van der Waals surface area contributed by atoms with Gasteiger partial charge in [0, 0.05) is 36.5 Å². The lowest BCUT2D eigenvalue weighted by atomic mass is 9.90. The van der Waals surface area contributed by atoms with E-state index in [1.807, 2.05) is 6.20 Å². The Balaban J connectivity index is 1.46. The summed E-state index contributed by atoms with van der Waals surface area (Å²) >= 11 is 0. The van der Waals surface area contributed by atoms with Gasteiger partial charge in [-0.05, 0) is 24.0 Å². The van der Waals surface area contributed by atoms with Crippen LogP contribution < -0.4 is 0 Å². The monoisotopic (exact) mass is 337 g/mol. The molecule has 4 rings (SSSR count). The van der Waals surface area contributed by atoms with Crippen LogP contribution in [0.2, 0.25) is 0 Å². The maximum atomic E-state index is 12.8. The number of hydrogen-bond acceptors (Lipinski definition) is 2. The summed E-state index contributed by atoms with van der Waals surface area (Å²) in [6.07, 6.45) is 8.50. The van der Waals surface area contributed by atoms with Gasteiger partial charge in [-0.25, -0.2) is 4.98 Å². The lowest BCUT2D eigenvalue weighted by Gasteiger charge is -2.25. The van der Waals surface area contributed by atoms with Crippen LogP contribution in [-0.4, -0.2) is 33.9 Å². The maximum absolute atomic E-state index is 12.8. The van der Waals surface area contributed by atoms with Crippen LogP contribution in [0, 0.1) is 11.8 Å². The molecule has 3 atom stereocenters. The van der Waals surface area contributed by atoms with Crippen molar-refractivity contribution in [3.63, 3.8) is 0 Å². The van der Waals surface area contributed by atoms with E-state index >= 15 is 0 Å². The molecule has 1 aromatic carbocycles. The molecule has 0 radical (unpaired) electrons. The van der Waals surface area contributed by atoms with Crippen molar-refractivity contribution in [3.8, 4) is 11.4 Å². The summed E-state index contributed by atoms with van der Waals surface area (Å²) in [5, 5.41) is 0. The Morgan fingerprint density at radius 1 is 1.32 bits per heavy atom. The summed E-state index contributed by atoms with van der Waals surface area (Å²) < 4.78 is 0. The number of hydrogen-bond donors (Lipinski definition) is 1. The lowest BCUT2D eigenvalue weighted by Crippen LogP contribution is -2.34. The van der Waals surface area contributed by atoms with Gasteiger partial charge in [0.1, 0.15) is 5.82 Å². The van der Waals surface area contributed by atoms with Crippen LogP contribution in [0.3, 0.4) is 0 Å². The largest absolute Gasteiger partial charge is 0.345 e. The molecule has 1 aliphatic heterocycles. The van der Waals surface area contributed by atoms with Crippen LogP contribution in [0.1, 0.15) is 45.1 Å². The average molecular weight is 337 g/mol. The number of nitrogens with one attached hydrogen (secondary N) is 1. The van der Waals surface area contributed by atoms with Crippen LogP contribution in [0.4, 0.5) is 0 Å². The Morgan fingerprint density at radius 3 is 2.88 bits per heavy atom. The molecule has 2 fully saturated rings. The smallest absolute Gasteiger partial charge is 0.226 e. The molecule has 1 N–H and O–H groups in total. The number of piperidine rings is 1. The first kappa shape index (κ1) is 16.4. The number of carbonyl (C=O) groups is 1. The second-order valence-electron chi connectivity index (χ2n) is 7.73. The third kappa shape index (κ3) is 2.68. The lowest BCUT2D eigenvalue weighted by molar-refractivity contribution is -0.130. The van der Waals surface area contributed by atoms with E-state index in [1.165, 1.54) is 24.8 Å². The standard InChI is InChI=1S/C21H27N3O/c1-3-4-5-6-12-24-14-17-18(20(24)25)21(17,2)16-9-7-8-15(13-16)19-22-10-11-23-19/h7-11,13,17-18H,3-6,12,14H2,1-2H3,(H,22,23). The van der Waals surface area contributed by atoms with E-state index in [4.69, 9.17) is 0 Å². The van der Waals surface area contributed by atoms with E-state index < -0.39 is 0 Å². The van der Waals surface area contributed by atoms with Crippen molar-refractivity contribution >= 4 is 5.91 Å². The van der Waals surface area contributed by atoms with Gasteiger partial charge >= 0.3 is 0 Å². The summed E-state index contributed by atoms with van der Waals surface area (Å²) in [5.41, 5.74) is 2.37. The minimum Gasteiger partial charge on any atom is -0.345 e. The van der Waals surface area contributed by atoms with Crippen LogP contribution in [0.25, 0.3) is 11.4 Å². The van der Waals surface area contributed by atoms with Gasteiger partial charge in [-0.15, -0.1) is 0 Å². The quantitative estimate of drug-likeness (QED) is 0.776. The zero-order valence-electron chi connectivity index (χ0n) is 15.2. The van der Waals surface area contributed by atoms with E-state index in [2.05, 4.69) is 53.0 Å². The molecular weight excluding hydrogens is 310 g/mol. The van der Waals surface area contributed by atoms with Crippen molar-refractivity contribution < 1.29 is 4.79 Å². The first-order chi connectivity index (χ1) is 12.2. The highest BCUT2D eigenvalue weighted by atomic mass is 16.2. The molecule has 4 heteroatoms. The molecule has 0 spiro atoms. The summed E-state index contributed by atoms with van der Waals surface area (Å²) in [5.74, 6) is 1.90. The topological polar surface area (TPSA) is 49.0 Å². The van der Waals surface area contributed by atoms with Crippen molar-refractivity contribution in [2.75, 3.05) is 13.1 Å². The number of nitrogens with zero attached hydrogens (tertiary/aromatic N) is 2.